The number of hydrogen-bond acceptors (Lipinski definition) is 2. The van der Waals surface area contributed by atoms with Crippen LogP contribution in [-0.2, 0) is 6.42 Å². The summed E-state index contributed by atoms with van der Waals surface area (Å²) >= 11 is 0. The molecule has 0 atom stereocenters. The molecule has 0 N–H and O–H groups in total. The van der Waals surface area contributed by atoms with Crippen LogP contribution in [0, 0.1) is 0 Å². The average molecular weight is 320 g/mol. The lowest BCUT2D eigenvalue weighted by molar-refractivity contribution is 0.554. The van der Waals surface area contributed by atoms with Crippen LogP contribution in [0.25, 0.3) is 0 Å². The zero-order valence-electron chi connectivity index (χ0n) is 13.3. The second-order valence-corrected chi connectivity index (χ2v) is 7.77. The SMILES string of the molecule is CN(CCc1ccccn1)P(c1ccccc1)c1ccccc1. The highest BCUT2D eigenvalue weighted by Crippen LogP contribution is 2.36. The molecule has 0 spiro atoms. The Labute approximate surface area is 139 Å². The van der Waals surface area contributed by atoms with Gasteiger partial charge >= 0.3 is 0 Å². The van der Waals surface area contributed by atoms with Crippen LogP contribution in [0.4, 0.5) is 0 Å². The number of aromatic nitrogens is 1. The molecule has 0 saturated carbocycles. The Morgan fingerprint density at radius 1 is 0.783 bits per heavy atom. The van der Waals surface area contributed by atoms with E-state index in [2.05, 4.69) is 89.5 Å². The third-order valence-electron chi connectivity index (χ3n) is 3.76. The van der Waals surface area contributed by atoms with Crippen molar-refractivity contribution in [2.75, 3.05) is 13.6 Å². The molecule has 0 radical (unpaired) electrons. The fourth-order valence-corrected chi connectivity index (χ4v) is 4.90. The molecule has 3 heteroatoms. The lowest BCUT2D eigenvalue weighted by Gasteiger charge is -2.28. The Bertz CT molecular complexity index is 662. The van der Waals surface area contributed by atoms with Crippen molar-refractivity contribution in [1.29, 1.82) is 0 Å². The Hall–Kier alpha value is -2.02. The summed E-state index contributed by atoms with van der Waals surface area (Å²) in [4.78, 5) is 4.44. The van der Waals surface area contributed by atoms with E-state index in [4.69, 9.17) is 0 Å². The van der Waals surface area contributed by atoms with E-state index in [0.29, 0.717) is 0 Å². The monoisotopic (exact) mass is 320 g/mol. The van der Waals surface area contributed by atoms with Crippen molar-refractivity contribution >= 4 is 18.7 Å². The molecule has 0 aliphatic rings. The molecule has 1 heterocycles. The van der Waals surface area contributed by atoms with Gasteiger partial charge in [-0.25, -0.2) is 0 Å². The van der Waals surface area contributed by atoms with Gasteiger partial charge in [-0.05, 0) is 29.8 Å². The summed E-state index contributed by atoms with van der Waals surface area (Å²) in [5, 5.41) is 2.77. The number of rotatable bonds is 6. The third-order valence-corrected chi connectivity index (χ3v) is 6.22. The first-order valence-electron chi connectivity index (χ1n) is 7.86. The van der Waals surface area contributed by atoms with Crippen LogP contribution in [0.1, 0.15) is 5.69 Å². The van der Waals surface area contributed by atoms with Crippen LogP contribution < -0.4 is 10.6 Å². The normalized spacial score (nSPS) is 11.1. The van der Waals surface area contributed by atoms with Crippen molar-refractivity contribution in [3.05, 3.63) is 90.8 Å². The molecule has 0 unspecified atom stereocenters. The number of hydrogen-bond donors (Lipinski definition) is 0. The third kappa shape index (κ3) is 4.25. The van der Waals surface area contributed by atoms with Gasteiger partial charge in [0, 0.05) is 32.9 Å². The first-order valence-corrected chi connectivity index (χ1v) is 9.15. The first-order chi connectivity index (χ1) is 11.3. The molecule has 3 rings (SSSR count). The van der Waals surface area contributed by atoms with Gasteiger partial charge in [-0.3, -0.25) is 9.65 Å². The predicted octanol–water partition coefficient (Wildman–Crippen LogP) is 3.60. The summed E-state index contributed by atoms with van der Waals surface area (Å²) < 4.78 is 2.47. The second kappa shape index (κ2) is 8.01. The van der Waals surface area contributed by atoms with Crippen LogP contribution in [0.3, 0.4) is 0 Å². The average Bonchev–Trinajstić information content (AvgIpc) is 2.63. The quantitative estimate of drug-likeness (QED) is 0.645. The standard InChI is InChI=1S/C20H21N2P/c1-22(17-15-18-10-8-9-16-21-18)23(19-11-4-2-5-12-19)20-13-6-3-7-14-20/h2-14,16H,15,17H2,1H3. The Kier molecular flexibility index (Phi) is 5.52. The van der Waals surface area contributed by atoms with E-state index in [1.54, 1.807) is 0 Å². The highest BCUT2D eigenvalue weighted by atomic mass is 31.1. The summed E-state index contributed by atoms with van der Waals surface area (Å²) in [6.45, 7) is 0.993. The van der Waals surface area contributed by atoms with Gasteiger partial charge in [-0.1, -0.05) is 66.7 Å². The fraction of sp³-hybridized carbons (Fsp3) is 0.150. The fourth-order valence-electron chi connectivity index (χ4n) is 2.60. The van der Waals surface area contributed by atoms with Gasteiger partial charge in [0.1, 0.15) is 0 Å². The molecule has 116 valence electrons. The molecule has 2 nitrogen and oxygen atoms in total. The zero-order valence-corrected chi connectivity index (χ0v) is 14.2. The van der Waals surface area contributed by atoms with E-state index < -0.39 is 8.07 Å². The van der Waals surface area contributed by atoms with Crippen molar-refractivity contribution in [3.8, 4) is 0 Å². The zero-order chi connectivity index (χ0) is 15.9. The lowest BCUT2D eigenvalue weighted by atomic mass is 10.3. The Morgan fingerprint density at radius 2 is 1.35 bits per heavy atom. The summed E-state index contributed by atoms with van der Waals surface area (Å²) in [6, 6.07) is 27.7. The predicted molar refractivity (Wildman–Crippen MR) is 99.6 cm³/mol. The summed E-state index contributed by atoms with van der Waals surface area (Å²) in [6.07, 6.45) is 2.84. The molecule has 0 fully saturated rings. The van der Waals surface area contributed by atoms with Crippen molar-refractivity contribution in [3.63, 3.8) is 0 Å². The molecule has 23 heavy (non-hydrogen) atoms. The Balaban J connectivity index is 1.80. The smallest absolute Gasteiger partial charge is 0.0416 e. The summed E-state index contributed by atoms with van der Waals surface area (Å²) in [5.41, 5.74) is 1.15. The van der Waals surface area contributed by atoms with E-state index in [1.165, 1.54) is 10.6 Å². The molecular formula is C20H21N2P. The maximum Gasteiger partial charge on any atom is 0.0416 e. The summed E-state index contributed by atoms with van der Waals surface area (Å²) in [7, 11) is 1.71. The molecule has 0 aliphatic heterocycles. The molecule has 0 aliphatic carbocycles. The minimum absolute atomic E-state index is 0.503. The van der Waals surface area contributed by atoms with Crippen LogP contribution in [0.15, 0.2) is 85.1 Å². The minimum atomic E-state index is -0.503. The first kappa shape index (κ1) is 15.9. The maximum absolute atomic E-state index is 4.44. The molecule has 0 saturated heterocycles. The minimum Gasteiger partial charge on any atom is -0.278 e. The molecule has 0 amide bonds. The van der Waals surface area contributed by atoms with E-state index >= 15 is 0 Å². The highest BCUT2D eigenvalue weighted by molar-refractivity contribution is 7.70. The molecule has 0 bridgehead atoms. The van der Waals surface area contributed by atoms with Gasteiger partial charge in [0.25, 0.3) is 0 Å². The Morgan fingerprint density at radius 3 is 1.87 bits per heavy atom. The number of nitrogens with zero attached hydrogens (tertiary/aromatic N) is 2. The molecule has 2 aromatic carbocycles. The molecule has 3 aromatic rings. The van der Waals surface area contributed by atoms with Gasteiger partial charge < -0.3 is 0 Å². The highest BCUT2D eigenvalue weighted by Gasteiger charge is 2.18. The van der Waals surface area contributed by atoms with Crippen molar-refractivity contribution in [2.45, 2.75) is 6.42 Å². The van der Waals surface area contributed by atoms with Crippen LogP contribution in [-0.4, -0.2) is 23.2 Å². The van der Waals surface area contributed by atoms with E-state index in [9.17, 15) is 0 Å². The molecular weight excluding hydrogens is 299 g/mol. The van der Waals surface area contributed by atoms with Gasteiger partial charge in [-0.2, -0.15) is 0 Å². The van der Waals surface area contributed by atoms with Crippen LogP contribution in [0.2, 0.25) is 0 Å². The van der Waals surface area contributed by atoms with Gasteiger partial charge in [0.2, 0.25) is 0 Å². The number of likely N-dealkylation sites (N-methyl/N-ethyl adjacent to an activating group) is 1. The maximum atomic E-state index is 4.44. The number of pyridine rings is 1. The van der Waals surface area contributed by atoms with Crippen molar-refractivity contribution in [2.24, 2.45) is 0 Å². The van der Waals surface area contributed by atoms with E-state index in [-0.39, 0.29) is 0 Å². The van der Waals surface area contributed by atoms with Gasteiger partial charge in [-0.15, -0.1) is 0 Å². The van der Waals surface area contributed by atoms with Gasteiger partial charge in [0.15, 0.2) is 0 Å². The number of benzene rings is 2. The second-order valence-electron chi connectivity index (χ2n) is 5.44. The van der Waals surface area contributed by atoms with E-state index in [0.717, 1.165) is 18.7 Å². The van der Waals surface area contributed by atoms with E-state index in [1.807, 2.05) is 12.3 Å². The van der Waals surface area contributed by atoms with Crippen LogP contribution >= 0.6 is 8.07 Å². The lowest BCUT2D eigenvalue weighted by Crippen LogP contribution is -2.27. The summed E-state index contributed by atoms with van der Waals surface area (Å²) in [5.74, 6) is 0. The topological polar surface area (TPSA) is 16.1 Å². The molecule has 1 aromatic heterocycles. The van der Waals surface area contributed by atoms with Crippen molar-refractivity contribution in [1.82, 2.24) is 9.65 Å². The van der Waals surface area contributed by atoms with Crippen LogP contribution in [0.5, 0.6) is 0 Å². The van der Waals surface area contributed by atoms with Gasteiger partial charge in [0.05, 0.1) is 0 Å². The van der Waals surface area contributed by atoms with Crippen molar-refractivity contribution < 1.29 is 0 Å². The largest absolute Gasteiger partial charge is 0.278 e.